The summed E-state index contributed by atoms with van der Waals surface area (Å²) in [5.41, 5.74) is 0.363. The third kappa shape index (κ3) is 2.72. The third-order valence-electron chi connectivity index (χ3n) is 2.50. The smallest absolute Gasteiger partial charge is 0.429 e. The Kier molecular flexibility index (Phi) is 3.43. The zero-order valence-corrected chi connectivity index (χ0v) is 12.0. The van der Waals surface area contributed by atoms with E-state index in [1.165, 1.54) is 11.5 Å². The molecule has 1 aliphatic rings. The molecular weight excluding hydrogens is 252 g/mol. The molecule has 0 N–H and O–H groups in total. The van der Waals surface area contributed by atoms with Crippen LogP contribution in [0.2, 0.25) is 0 Å². The van der Waals surface area contributed by atoms with Crippen LogP contribution >= 0.6 is 11.5 Å². The zero-order chi connectivity index (χ0) is 13.3. The molecule has 0 saturated carbocycles. The Hall–Kier alpha value is -1.37. The lowest BCUT2D eigenvalue weighted by Crippen LogP contribution is -2.44. The molecule has 0 aromatic carbocycles. The standard InChI is InChI=1S/C11H18N4O2S/c1-8-9(18-13-12-8)14-6-5-7-15(14)10(16)17-11(2,3)4/h5-7H2,1-4H3. The van der Waals surface area contributed by atoms with E-state index >= 15 is 0 Å². The van der Waals surface area contributed by atoms with Crippen molar-refractivity contribution in [3.05, 3.63) is 5.69 Å². The fourth-order valence-corrected chi connectivity index (χ4v) is 2.49. The number of anilines is 1. The van der Waals surface area contributed by atoms with Crippen molar-refractivity contribution in [3.63, 3.8) is 0 Å². The maximum atomic E-state index is 12.1. The lowest BCUT2D eigenvalue weighted by molar-refractivity contribution is 0.0275. The summed E-state index contributed by atoms with van der Waals surface area (Å²) in [6, 6.07) is 0. The van der Waals surface area contributed by atoms with Gasteiger partial charge < -0.3 is 4.74 Å². The highest BCUT2D eigenvalue weighted by Gasteiger charge is 2.32. The van der Waals surface area contributed by atoms with Crippen molar-refractivity contribution < 1.29 is 9.53 Å². The molecular formula is C11H18N4O2S. The minimum absolute atomic E-state index is 0.312. The molecule has 1 saturated heterocycles. The molecule has 0 atom stereocenters. The number of aromatic nitrogens is 2. The quantitative estimate of drug-likeness (QED) is 0.783. The number of carbonyl (C=O) groups is 1. The largest absolute Gasteiger partial charge is 0.442 e. The highest BCUT2D eigenvalue weighted by molar-refractivity contribution is 7.10. The molecule has 0 spiro atoms. The Morgan fingerprint density at radius 2 is 2.11 bits per heavy atom. The number of carbonyl (C=O) groups excluding carboxylic acids is 1. The maximum Gasteiger partial charge on any atom is 0.429 e. The molecule has 0 aliphatic carbocycles. The Bertz CT molecular complexity index is 440. The van der Waals surface area contributed by atoms with Gasteiger partial charge in [-0.25, -0.2) is 9.80 Å². The predicted octanol–water partition coefficient (Wildman–Crippen LogP) is 2.21. The highest BCUT2D eigenvalue weighted by atomic mass is 32.1. The van der Waals surface area contributed by atoms with E-state index in [-0.39, 0.29) is 6.09 Å². The second kappa shape index (κ2) is 4.72. The third-order valence-corrected chi connectivity index (χ3v) is 3.34. The topological polar surface area (TPSA) is 58.6 Å². The molecule has 1 aliphatic heterocycles. The molecule has 0 unspecified atom stereocenters. The number of aryl methyl sites for hydroxylation is 1. The summed E-state index contributed by atoms with van der Waals surface area (Å²) in [7, 11) is 0. The van der Waals surface area contributed by atoms with Crippen LogP contribution in [0.4, 0.5) is 9.80 Å². The van der Waals surface area contributed by atoms with Crippen LogP contribution in [0.1, 0.15) is 32.9 Å². The van der Waals surface area contributed by atoms with Gasteiger partial charge in [-0.2, -0.15) is 0 Å². The van der Waals surface area contributed by atoms with Crippen molar-refractivity contribution in [2.45, 2.75) is 39.7 Å². The Morgan fingerprint density at radius 1 is 1.39 bits per heavy atom. The Morgan fingerprint density at radius 3 is 2.67 bits per heavy atom. The van der Waals surface area contributed by atoms with Gasteiger partial charge in [-0.3, -0.25) is 5.01 Å². The van der Waals surface area contributed by atoms with E-state index in [4.69, 9.17) is 4.74 Å². The first-order valence-corrected chi connectivity index (χ1v) is 6.73. The number of amides is 1. The van der Waals surface area contributed by atoms with Gasteiger partial charge in [-0.05, 0) is 34.1 Å². The van der Waals surface area contributed by atoms with Crippen LogP contribution < -0.4 is 5.01 Å². The van der Waals surface area contributed by atoms with Crippen molar-refractivity contribution in [1.29, 1.82) is 0 Å². The fourth-order valence-electron chi connectivity index (χ4n) is 1.79. The molecule has 0 radical (unpaired) electrons. The van der Waals surface area contributed by atoms with Gasteiger partial charge in [0.25, 0.3) is 0 Å². The van der Waals surface area contributed by atoms with Crippen LogP contribution in [0.25, 0.3) is 0 Å². The number of ether oxygens (including phenoxy) is 1. The minimum atomic E-state index is -0.480. The molecule has 6 nitrogen and oxygen atoms in total. The molecule has 1 fully saturated rings. The molecule has 1 aromatic heterocycles. The fraction of sp³-hybridized carbons (Fsp3) is 0.727. The lowest BCUT2D eigenvalue weighted by atomic mass is 10.2. The number of hydrogen-bond donors (Lipinski definition) is 0. The Balaban J connectivity index is 2.13. The van der Waals surface area contributed by atoms with E-state index < -0.39 is 5.60 Å². The van der Waals surface area contributed by atoms with Gasteiger partial charge in [0.05, 0.1) is 5.69 Å². The summed E-state index contributed by atoms with van der Waals surface area (Å²) in [5, 5.41) is 8.44. The van der Waals surface area contributed by atoms with E-state index in [9.17, 15) is 4.79 Å². The van der Waals surface area contributed by atoms with E-state index in [1.807, 2.05) is 32.7 Å². The monoisotopic (exact) mass is 270 g/mol. The van der Waals surface area contributed by atoms with Crippen LogP contribution in [0.3, 0.4) is 0 Å². The van der Waals surface area contributed by atoms with Gasteiger partial charge in [0.15, 0.2) is 5.00 Å². The van der Waals surface area contributed by atoms with Crippen LogP contribution in [0.5, 0.6) is 0 Å². The predicted molar refractivity (Wildman–Crippen MR) is 69.5 cm³/mol. The zero-order valence-electron chi connectivity index (χ0n) is 11.1. The maximum absolute atomic E-state index is 12.1. The second-order valence-electron chi connectivity index (χ2n) is 5.24. The van der Waals surface area contributed by atoms with E-state index in [0.29, 0.717) is 6.54 Å². The van der Waals surface area contributed by atoms with Crippen molar-refractivity contribution in [2.75, 3.05) is 18.1 Å². The summed E-state index contributed by atoms with van der Waals surface area (Å²) in [4.78, 5) is 12.1. The van der Waals surface area contributed by atoms with Crippen LogP contribution in [-0.4, -0.2) is 39.4 Å². The van der Waals surface area contributed by atoms with Gasteiger partial charge in [-0.1, -0.05) is 4.49 Å². The Labute approximate surface area is 111 Å². The van der Waals surface area contributed by atoms with Gasteiger partial charge in [0, 0.05) is 24.6 Å². The average Bonchev–Trinajstić information content (AvgIpc) is 2.82. The first-order chi connectivity index (χ1) is 8.38. The lowest BCUT2D eigenvalue weighted by Gasteiger charge is -2.30. The molecule has 7 heteroatoms. The molecule has 100 valence electrons. The van der Waals surface area contributed by atoms with Crippen molar-refractivity contribution in [2.24, 2.45) is 0 Å². The summed E-state index contributed by atoms with van der Waals surface area (Å²) in [6.07, 6.45) is 0.615. The second-order valence-corrected chi connectivity index (χ2v) is 5.98. The summed E-state index contributed by atoms with van der Waals surface area (Å²) in [6.45, 7) is 8.96. The highest BCUT2D eigenvalue weighted by Crippen LogP contribution is 2.28. The summed E-state index contributed by atoms with van der Waals surface area (Å²) >= 11 is 1.30. The first kappa shape index (κ1) is 13.1. The SMILES string of the molecule is Cc1nnsc1N1CCCN1C(=O)OC(C)(C)C. The van der Waals surface area contributed by atoms with Gasteiger partial charge >= 0.3 is 6.09 Å². The molecule has 18 heavy (non-hydrogen) atoms. The van der Waals surface area contributed by atoms with Crippen LogP contribution in [0, 0.1) is 6.92 Å². The number of hydrazine groups is 1. The summed E-state index contributed by atoms with van der Waals surface area (Å²) in [5.74, 6) is 0. The average molecular weight is 270 g/mol. The van der Waals surface area contributed by atoms with Crippen molar-refractivity contribution in [3.8, 4) is 0 Å². The van der Waals surface area contributed by atoms with Gasteiger partial charge in [0.2, 0.25) is 0 Å². The normalized spacial score (nSPS) is 16.2. The number of hydrogen-bond acceptors (Lipinski definition) is 6. The van der Waals surface area contributed by atoms with Crippen LogP contribution in [-0.2, 0) is 4.74 Å². The number of rotatable bonds is 1. The molecule has 0 bridgehead atoms. The summed E-state index contributed by atoms with van der Waals surface area (Å²) < 4.78 is 9.30. The first-order valence-electron chi connectivity index (χ1n) is 5.95. The minimum Gasteiger partial charge on any atom is -0.442 e. The van der Waals surface area contributed by atoms with Crippen molar-refractivity contribution in [1.82, 2.24) is 14.6 Å². The molecule has 1 amide bonds. The van der Waals surface area contributed by atoms with Gasteiger partial charge in [-0.15, -0.1) is 5.10 Å². The number of nitrogens with zero attached hydrogens (tertiary/aromatic N) is 4. The van der Waals surface area contributed by atoms with Crippen LogP contribution in [0.15, 0.2) is 0 Å². The molecule has 1 aromatic rings. The molecule has 2 heterocycles. The van der Waals surface area contributed by atoms with E-state index in [2.05, 4.69) is 9.59 Å². The molecule has 2 rings (SSSR count). The van der Waals surface area contributed by atoms with E-state index in [1.54, 1.807) is 5.01 Å². The van der Waals surface area contributed by atoms with Gasteiger partial charge in [0.1, 0.15) is 5.60 Å². The van der Waals surface area contributed by atoms with Crippen molar-refractivity contribution >= 4 is 22.6 Å². The van der Waals surface area contributed by atoms with E-state index in [0.717, 1.165) is 23.7 Å².